The average molecular weight is 219 g/mol. The highest BCUT2D eigenvalue weighted by Crippen LogP contribution is 1.98. The SMILES string of the molecule is Nc1cc(=O)[nH]c(=O)n1Cc1cnccn1. The van der Waals surface area contributed by atoms with Gasteiger partial charge in [-0.05, 0) is 0 Å². The van der Waals surface area contributed by atoms with Crippen LogP contribution in [0, 0.1) is 0 Å². The number of hydrogen-bond acceptors (Lipinski definition) is 5. The zero-order valence-corrected chi connectivity index (χ0v) is 8.25. The molecule has 3 N–H and O–H groups in total. The molecule has 0 saturated carbocycles. The van der Waals surface area contributed by atoms with Crippen LogP contribution >= 0.6 is 0 Å². The maximum atomic E-state index is 11.4. The van der Waals surface area contributed by atoms with Gasteiger partial charge < -0.3 is 5.73 Å². The molecule has 82 valence electrons. The Morgan fingerprint density at radius 2 is 2.19 bits per heavy atom. The molecule has 2 aromatic heterocycles. The van der Waals surface area contributed by atoms with Gasteiger partial charge >= 0.3 is 5.69 Å². The fourth-order valence-electron chi connectivity index (χ4n) is 1.28. The summed E-state index contributed by atoms with van der Waals surface area (Å²) in [4.78, 5) is 32.4. The summed E-state index contributed by atoms with van der Waals surface area (Å²) in [7, 11) is 0. The molecule has 0 unspecified atom stereocenters. The number of anilines is 1. The Morgan fingerprint density at radius 1 is 1.38 bits per heavy atom. The average Bonchev–Trinajstić information content (AvgIpc) is 2.25. The van der Waals surface area contributed by atoms with Crippen molar-refractivity contribution in [1.82, 2.24) is 19.5 Å². The summed E-state index contributed by atoms with van der Waals surface area (Å²) in [6.45, 7) is 0.176. The van der Waals surface area contributed by atoms with Gasteiger partial charge in [0.1, 0.15) is 5.82 Å². The lowest BCUT2D eigenvalue weighted by atomic mass is 10.4. The summed E-state index contributed by atoms with van der Waals surface area (Å²) in [5, 5.41) is 0. The van der Waals surface area contributed by atoms with Gasteiger partial charge in [-0.3, -0.25) is 24.3 Å². The fraction of sp³-hybridized carbons (Fsp3) is 0.111. The first-order valence-corrected chi connectivity index (χ1v) is 4.51. The van der Waals surface area contributed by atoms with Gasteiger partial charge in [-0.15, -0.1) is 0 Å². The molecule has 7 heteroatoms. The molecule has 0 aliphatic carbocycles. The Bertz CT molecular complexity index is 601. The van der Waals surface area contributed by atoms with Gasteiger partial charge in [0.2, 0.25) is 0 Å². The molecule has 0 aliphatic rings. The lowest BCUT2D eigenvalue weighted by molar-refractivity contribution is 0.713. The third-order valence-electron chi connectivity index (χ3n) is 2.00. The van der Waals surface area contributed by atoms with Crippen LogP contribution in [0.5, 0.6) is 0 Å². The number of nitrogens with one attached hydrogen (secondary N) is 1. The van der Waals surface area contributed by atoms with Gasteiger partial charge in [0.05, 0.1) is 18.4 Å². The first kappa shape index (κ1) is 10.1. The quantitative estimate of drug-likeness (QED) is 0.670. The molecule has 0 radical (unpaired) electrons. The van der Waals surface area contributed by atoms with Crippen molar-refractivity contribution in [2.75, 3.05) is 5.73 Å². The van der Waals surface area contributed by atoms with E-state index in [1.54, 1.807) is 0 Å². The Morgan fingerprint density at radius 3 is 2.81 bits per heavy atom. The third kappa shape index (κ3) is 1.97. The molecule has 2 heterocycles. The van der Waals surface area contributed by atoms with Crippen molar-refractivity contribution in [1.29, 1.82) is 0 Å². The monoisotopic (exact) mass is 219 g/mol. The molecule has 0 fully saturated rings. The standard InChI is InChI=1S/C9H9N5O2/c10-7-3-8(15)13-9(16)14(7)5-6-4-11-1-2-12-6/h1-4H,5,10H2,(H,13,15,16). The van der Waals surface area contributed by atoms with Crippen LogP contribution in [0.25, 0.3) is 0 Å². The summed E-state index contributed by atoms with van der Waals surface area (Å²) < 4.78 is 1.21. The van der Waals surface area contributed by atoms with Crippen LogP contribution in [0.4, 0.5) is 5.82 Å². The van der Waals surface area contributed by atoms with Crippen LogP contribution in [0.15, 0.2) is 34.2 Å². The van der Waals surface area contributed by atoms with Crippen molar-refractivity contribution in [3.8, 4) is 0 Å². The molecule has 16 heavy (non-hydrogen) atoms. The van der Waals surface area contributed by atoms with E-state index in [4.69, 9.17) is 5.73 Å². The van der Waals surface area contributed by atoms with E-state index >= 15 is 0 Å². The van der Waals surface area contributed by atoms with Gasteiger partial charge in [-0.2, -0.15) is 0 Å². The van der Waals surface area contributed by atoms with Gasteiger partial charge in [0.15, 0.2) is 0 Å². The smallest absolute Gasteiger partial charge is 0.330 e. The molecule has 0 amide bonds. The molecule has 7 nitrogen and oxygen atoms in total. The van der Waals surface area contributed by atoms with E-state index in [-0.39, 0.29) is 12.4 Å². The van der Waals surface area contributed by atoms with Crippen LogP contribution in [0.3, 0.4) is 0 Å². The molecule has 0 spiro atoms. The normalized spacial score (nSPS) is 10.2. The second-order valence-electron chi connectivity index (χ2n) is 3.15. The van der Waals surface area contributed by atoms with Crippen LogP contribution in [0.2, 0.25) is 0 Å². The largest absolute Gasteiger partial charge is 0.385 e. The molecule has 0 aromatic carbocycles. The Balaban J connectivity index is 2.43. The van der Waals surface area contributed by atoms with E-state index < -0.39 is 11.2 Å². The second-order valence-corrected chi connectivity index (χ2v) is 3.15. The van der Waals surface area contributed by atoms with Gasteiger partial charge in [-0.1, -0.05) is 0 Å². The zero-order valence-electron chi connectivity index (χ0n) is 8.25. The predicted molar refractivity (Wildman–Crippen MR) is 56.9 cm³/mol. The number of rotatable bonds is 2. The first-order valence-electron chi connectivity index (χ1n) is 4.51. The highest BCUT2D eigenvalue weighted by atomic mass is 16.2. The molecular weight excluding hydrogens is 210 g/mol. The number of aromatic nitrogens is 4. The Labute approximate surface area is 89.6 Å². The number of nitrogens with two attached hydrogens (primary N) is 1. The molecular formula is C9H9N5O2. The van der Waals surface area contributed by atoms with Crippen molar-refractivity contribution in [2.45, 2.75) is 6.54 Å². The number of nitrogens with zero attached hydrogens (tertiary/aromatic N) is 3. The van der Waals surface area contributed by atoms with Gasteiger partial charge in [0.25, 0.3) is 5.56 Å². The van der Waals surface area contributed by atoms with Crippen LogP contribution < -0.4 is 17.0 Å². The van der Waals surface area contributed by atoms with Crippen LogP contribution in [-0.4, -0.2) is 19.5 Å². The summed E-state index contributed by atoms with van der Waals surface area (Å²) >= 11 is 0. The van der Waals surface area contributed by atoms with Crippen LogP contribution in [-0.2, 0) is 6.54 Å². The van der Waals surface area contributed by atoms with E-state index in [0.717, 1.165) is 6.07 Å². The zero-order chi connectivity index (χ0) is 11.5. The Hall–Kier alpha value is -2.44. The van der Waals surface area contributed by atoms with Crippen LogP contribution in [0.1, 0.15) is 5.69 Å². The second kappa shape index (κ2) is 3.97. The van der Waals surface area contributed by atoms with Crippen molar-refractivity contribution in [3.63, 3.8) is 0 Å². The summed E-state index contributed by atoms with van der Waals surface area (Å²) in [5.41, 5.74) is 5.08. The number of nitrogen functional groups attached to an aromatic ring is 1. The van der Waals surface area contributed by atoms with E-state index in [1.807, 2.05) is 0 Å². The van der Waals surface area contributed by atoms with E-state index in [9.17, 15) is 9.59 Å². The highest BCUT2D eigenvalue weighted by Gasteiger charge is 2.04. The Kier molecular flexibility index (Phi) is 2.50. The van der Waals surface area contributed by atoms with Gasteiger partial charge in [0, 0.05) is 18.5 Å². The molecule has 0 aliphatic heterocycles. The fourth-order valence-corrected chi connectivity index (χ4v) is 1.28. The number of hydrogen-bond donors (Lipinski definition) is 2. The maximum absolute atomic E-state index is 11.4. The van der Waals surface area contributed by atoms with E-state index in [0.29, 0.717) is 5.69 Å². The maximum Gasteiger partial charge on any atom is 0.330 e. The minimum atomic E-state index is -0.560. The van der Waals surface area contributed by atoms with Crippen molar-refractivity contribution in [2.24, 2.45) is 0 Å². The predicted octanol–water partition coefficient (Wildman–Crippen LogP) is -1.04. The molecule has 0 atom stereocenters. The van der Waals surface area contributed by atoms with Gasteiger partial charge in [-0.25, -0.2) is 4.79 Å². The molecule has 0 saturated heterocycles. The third-order valence-corrected chi connectivity index (χ3v) is 2.00. The number of aromatic amines is 1. The topological polar surface area (TPSA) is 107 Å². The minimum Gasteiger partial charge on any atom is -0.385 e. The van der Waals surface area contributed by atoms with E-state index in [1.165, 1.54) is 23.2 Å². The summed E-state index contributed by atoms with van der Waals surface area (Å²) in [6.07, 6.45) is 4.57. The molecule has 0 bridgehead atoms. The number of H-pyrrole nitrogens is 1. The van der Waals surface area contributed by atoms with Crippen molar-refractivity contribution in [3.05, 3.63) is 51.2 Å². The molecule has 2 aromatic rings. The summed E-state index contributed by atoms with van der Waals surface area (Å²) in [6, 6.07) is 1.15. The lowest BCUT2D eigenvalue weighted by Crippen LogP contribution is -2.31. The van der Waals surface area contributed by atoms with E-state index in [2.05, 4.69) is 15.0 Å². The van der Waals surface area contributed by atoms with Crippen molar-refractivity contribution >= 4 is 5.82 Å². The van der Waals surface area contributed by atoms with Crippen molar-refractivity contribution < 1.29 is 0 Å². The lowest BCUT2D eigenvalue weighted by Gasteiger charge is -2.06. The highest BCUT2D eigenvalue weighted by molar-refractivity contribution is 5.27. The summed E-state index contributed by atoms with van der Waals surface area (Å²) in [5.74, 6) is 0.0967. The molecule has 2 rings (SSSR count). The minimum absolute atomic E-state index is 0.0967. The first-order chi connectivity index (χ1) is 7.66.